The van der Waals surface area contributed by atoms with E-state index >= 15 is 0 Å². The highest BCUT2D eigenvalue weighted by Crippen LogP contribution is 2.29. The fourth-order valence-corrected chi connectivity index (χ4v) is 4.13. The topological polar surface area (TPSA) is 57.8 Å². The molecule has 164 valence electrons. The van der Waals surface area contributed by atoms with Crippen LogP contribution in [0.4, 0.5) is 0 Å². The van der Waals surface area contributed by atoms with Gasteiger partial charge in [0.25, 0.3) is 5.91 Å². The first-order valence-electron chi connectivity index (χ1n) is 10.8. The number of halogens is 1. The van der Waals surface area contributed by atoms with Gasteiger partial charge in [-0.1, -0.05) is 72.3 Å². The van der Waals surface area contributed by atoms with E-state index in [1.807, 2.05) is 86.6 Å². The van der Waals surface area contributed by atoms with E-state index in [1.165, 1.54) is 0 Å². The van der Waals surface area contributed by atoms with Crippen molar-refractivity contribution in [1.29, 1.82) is 5.26 Å². The number of nitrogens with one attached hydrogen (secondary N) is 1. The zero-order valence-electron chi connectivity index (χ0n) is 18.5. The van der Waals surface area contributed by atoms with Gasteiger partial charge in [-0.2, -0.15) is 5.26 Å². The number of amides is 1. The summed E-state index contributed by atoms with van der Waals surface area (Å²) in [4.78, 5) is 12.9. The number of carbonyl (C=O) groups excluding carboxylic acids is 1. The largest absolute Gasteiger partial charge is 0.345 e. The van der Waals surface area contributed by atoms with Gasteiger partial charge in [0.2, 0.25) is 0 Å². The van der Waals surface area contributed by atoms with Crippen molar-refractivity contribution < 1.29 is 4.79 Å². The fraction of sp³-hybridized carbons (Fsp3) is 0.143. The third kappa shape index (κ3) is 4.84. The molecule has 1 heterocycles. The van der Waals surface area contributed by atoms with Crippen molar-refractivity contribution in [2.45, 2.75) is 26.4 Å². The molecule has 1 N–H and O–H groups in total. The number of benzene rings is 3. The molecule has 4 aromatic rings. The van der Waals surface area contributed by atoms with Gasteiger partial charge in [0.1, 0.15) is 11.6 Å². The van der Waals surface area contributed by atoms with Crippen LogP contribution in [0.25, 0.3) is 17.0 Å². The van der Waals surface area contributed by atoms with Crippen molar-refractivity contribution >= 4 is 34.5 Å². The second-order valence-electron chi connectivity index (χ2n) is 8.00. The molecule has 33 heavy (non-hydrogen) atoms. The van der Waals surface area contributed by atoms with Crippen LogP contribution in [0.15, 0.2) is 84.4 Å². The van der Waals surface area contributed by atoms with Crippen molar-refractivity contribution in [1.82, 2.24) is 9.88 Å². The van der Waals surface area contributed by atoms with Crippen molar-refractivity contribution in [3.63, 3.8) is 0 Å². The minimum Gasteiger partial charge on any atom is -0.345 e. The van der Waals surface area contributed by atoms with Crippen LogP contribution in [0.2, 0.25) is 5.02 Å². The maximum Gasteiger partial charge on any atom is 0.262 e. The molecule has 1 amide bonds. The zero-order valence-corrected chi connectivity index (χ0v) is 19.3. The van der Waals surface area contributed by atoms with E-state index in [2.05, 4.69) is 22.0 Å². The summed E-state index contributed by atoms with van der Waals surface area (Å²) in [6.45, 7) is 4.59. The molecule has 0 unspecified atom stereocenters. The van der Waals surface area contributed by atoms with Gasteiger partial charge in [0, 0.05) is 33.7 Å². The Morgan fingerprint density at radius 3 is 2.42 bits per heavy atom. The molecule has 3 aromatic carbocycles. The Bertz CT molecular complexity index is 1360. The molecule has 0 aliphatic heterocycles. The molecule has 0 aliphatic rings. The minimum absolute atomic E-state index is 0.0790. The van der Waals surface area contributed by atoms with E-state index < -0.39 is 0 Å². The molecule has 1 aromatic heterocycles. The van der Waals surface area contributed by atoms with Crippen LogP contribution in [0.3, 0.4) is 0 Å². The number of rotatable bonds is 6. The third-order valence-electron chi connectivity index (χ3n) is 5.83. The summed E-state index contributed by atoms with van der Waals surface area (Å²) in [5, 5.41) is 14.4. The first kappa shape index (κ1) is 22.4. The lowest BCUT2D eigenvalue weighted by atomic mass is 10.1. The molecule has 5 heteroatoms. The van der Waals surface area contributed by atoms with Gasteiger partial charge >= 0.3 is 0 Å². The minimum atomic E-state index is -0.386. The Morgan fingerprint density at radius 1 is 1.06 bits per heavy atom. The van der Waals surface area contributed by atoms with Crippen LogP contribution in [-0.2, 0) is 11.3 Å². The number of nitriles is 1. The monoisotopic (exact) mass is 453 g/mol. The Kier molecular flexibility index (Phi) is 6.63. The Morgan fingerprint density at radius 2 is 1.73 bits per heavy atom. The van der Waals surface area contributed by atoms with Gasteiger partial charge in [0.15, 0.2) is 0 Å². The van der Waals surface area contributed by atoms with Crippen molar-refractivity contribution in [3.05, 3.63) is 112 Å². The molecule has 4 nitrogen and oxygen atoms in total. The van der Waals surface area contributed by atoms with Crippen LogP contribution >= 0.6 is 11.6 Å². The first-order chi connectivity index (χ1) is 16.0. The van der Waals surface area contributed by atoms with Crippen LogP contribution in [0, 0.1) is 18.3 Å². The third-order valence-corrected chi connectivity index (χ3v) is 6.09. The summed E-state index contributed by atoms with van der Waals surface area (Å²) in [6, 6.07) is 27.4. The number of para-hydroxylation sites is 1. The average Bonchev–Trinajstić information content (AvgIpc) is 3.10. The van der Waals surface area contributed by atoms with E-state index in [-0.39, 0.29) is 17.5 Å². The molecule has 4 rings (SSSR count). The van der Waals surface area contributed by atoms with Crippen molar-refractivity contribution in [3.8, 4) is 6.07 Å². The number of hydrogen-bond acceptors (Lipinski definition) is 2. The van der Waals surface area contributed by atoms with Gasteiger partial charge in [-0.3, -0.25) is 4.79 Å². The van der Waals surface area contributed by atoms with Crippen LogP contribution in [0.1, 0.15) is 35.3 Å². The predicted octanol–water partition coefficient (Wildman–Crippen LogP) is 6.44. The zero-order chi connectivity index (χ0) is 23.4. The van der Waals surface area contributed by atoms with Crippen LogP contribution in [-0.4, -0.2) is 10.5 Å². The lowest BCUT2D eigenvalue weighted by Gasteiger charge is -2.13. The highest BCUT2D eigenvalue weighted by molar-refractivity contribution is 6.30. The molecule has 0 spiro atoms. The van der Waals surface area contributed by atoms with Gasteiger partial charge < -0.3 is 9.88 Å². The summed E-state index contributed by atoms with van der Waals surface area (Å²) < 4.78 is 2.20. The smallest absolute Gasteiger partial charge is 0.262 e. The summed E-state index contributed by atoms with van der Waals surface area (Å²) in [6.07, 6.45) is 1.70. The first-order valence-corrected chi connectivity index (χ1v) is 11.2. The maximum absolute atomic E-state index is 12.9. The van der Waals surface area contributed by atoms with Crippen molar-refractivity contribution in [2.75, 3.05) is 0 Å². The van der Waals surface area contributed by atoms with Crippen molar-refractivity contribution in [2.24, 2.45) is 0 Å². The van der Waals surface area contributed by atoms with E-state index in [4.69, 9.17) is 11.6 Å². The molecule has 0 saturated heterocycles. The van der Waals surface area contributed by atoms with Gasteiger partial charge in [-0.25, -0.2) is 0 Å². The lowest BCUT2D eigenvalue weighted by Crippen LogP contribution is -2.27. The Labute approximate surface area is 198 Å². The summed E-state index contributed by atoms with van der Waals surface area (Å²) in [5.41, 5.74) is 5.09. The standard InChI is InChI=1S/C28H24ClN3O/c1-19(22-8-4-3-5-9-22)31-28(33)23(17-30)16-26-20(2)32(27-11-7-6-10-25(26)27)18-21-12-14-24(29)15-13-21/h3-16,19H,18H2,1-2H3,(H,31,33)/b23-16+/t19-/m1/s1. The summed E-state index contributed by atoms with van der Waals surface area (Å²) >= 11 is 6.04. The molecule has 0 aliphatic carbocycles. The second kappa shape index (κ2) is 9.77. The fourth-order valence-electron chi connectivity index (χ4n) is 4.01. The van der Waals surface area contributed by atoms with Crippen LogP contribution in [0.5, 0.6) is 0 Å². The maximum atomic E-state index is 12.9. The highest BCUT2D eigenvalue weighted by Gasteiger charge is 2.17. The Hall–Kier alpha value is -3.81. The predicted molar refractivity (Wildman–Crippen MR) is 134 cm³/mol. The molecule has 0 fully saturated rings. The quantitative estimate of drug-likeness (QED) is 0.270. The molecular weight excluding hydrogens is 430 g/mol. The van der Waals surface area contributed by atoms with Gasteiger partial charge in [0.05, 0.1) is 6.04 Å². The van der Waals surface area contributed by atoms with E-state index in [0.29, 0.717) is 11.6 Å². The number of nitrogens with zero attached hydrogens (tertiary/aromatic N) is 2. The average molecular weight is 454 g/mol. The SMILES string of the molecule is Cc1c(/C=C(\C#N)C(=O)N[C@H](C)c2ccccc2)c2ccccc2n1Cc1ccc(Cl)cc1. The number of fused-ring (bicyclic) bond motifs is 1. The molecule has 0 saturated carbocycles. The number of aromatic nitrogens is 1. The van der Waals surface area contributed by atoms with Gasteiger partial charge in [-0.15, -0.1) is 0 Å². The van der Waals surface area contributed by atoms with Gasteiger partial charge in [-0.05, 0) is 49.2 Å². The number of hydrogen-bond donors (Lipinski definition) is 1. The highest BCUT2D eigenvalue weighted by atomic mass is 35.5. The molecule has 0 radical (unpaired) electrons. The summed E-state index contributed by atoms with van der Waals surface area (Å²) in [7, 11) is 0. The van der Waals surface area contributed by atoms with E-state index in [0.717, 1.165) is 33.3 Å². The van der Waals surface area contributed by atoms with Crippen LogP contribution < -0.4 is 5.32 Å². The molecular formula is C28H24ClN3O. The normalized spacial score (nSPS) is 12.4. The van der Waals surface area contributed by atoms with E-state index in [1.54, 1.807) is 6.08 Å². The summed E-state index contributed by atoms with van der Waals surface area (Å²) in [5.74, 6) is -0.386. The second-order valence-corrected chi connectivity index (χ2v) is 8.44. The lowest BCUT2D eigenvalue weighted by molar-refractivity contribution is -0.117. The molecule has 0 bridgehead atoms. The molecule has 1 atom stereocenters. The Balaban J connectivity index is 1.69. The van der Waals surface area contributed by atoms with E-state index in [9.17, 15) is 10.1 Å². The number of carbonyl (C=O) groups is 1.